The van der Waals surface area contributed by atoms with Gasteiger partial charge in [-0.15, -0.1) is 0 Å². The van der Waals surface area contributed by atoms with Crippen LogP contribution < -0.4 is 4.90 Å². The normalized spacial score (nSPS) is 22.7. The molecular formula is C19H23N5O. The quantitative estimate of drug-likeness (QED) is 0.893. The van der Waals surface area contributed by atoms with Gasteiger partial charge in [-0.25, -0.2) is 4.98 Å². The van der Waals surface area contributed by atoms with Crippen molar-refractivity contribution in [3.8, 4) is 6.07 Å². The van der Waals surface area contributed by atoms with Crippen LogP contribution in [0.1, 0.15) is 41.1 Å². The minimum atomic E-state index is -0.429. The summed E-state index contributed by atoms with van der Waals surface area (Å²) >= 11 is 0. The van der Waals surface area contributed by atoms with Crippen LogP contribution in [0.25, 0.3) is 0 Å². The van der Waals surface area contributed by atoms with Gasteiger partial charge in [0.1, 0.15) is 11.9 Å². The predicted molar refractivity (Wildman–Crippen MR) is 94.3 cm³/mol. The molecule has 130 valence electrons. The summed E-state index contributed by atoms with van der Waals surface area (Å²) in [6, 6.07) is 6.33. The fraction of sp³-hybridized carbons (Fsp3) is 0.526. The second-order valence-corrected chi connectivity index (χ2v) is 7.26. The molecule has 6 heteroatoms. The molecule has 1 fully saturated rings. The van der Waals surface area contributed by atoms with Crippen LogP contribution in [0.3, 0.4) is 0 Å². The molecule has 3 heterocycles. The second-order valence-electron chi connectivity index (χ2n) is 7.26. The zero-order valence-electron chi connectivity index (χ0n) is 14.5. The minimum absolute atomic E-state index is 0.104. The fourth-order valence-corrected chi connectivity index (χ4v) is 4.02. The Kier molecular flexibility index (Phi) is 4.18. The smallest absolute Gasteiger partial charge is 0.146 e. The molecule has 0 spiro atoms. The Morgan fingerprint density at radius 2 is 2.16 bits per heavy atom. The summed E-state index contributed by atoms with van der Waals surface area (Å²) in [5.74, 6) is 0.843. The Morgan fingerprint density at radius 1 is 1.32 bits per heavy atom. The molecule has 4 rings (SSSR count). The number of aromatic nitrogens is 3. The molecular weight excluding hydrogens is 314 g/mol. The van der Waals surface area contributed by atoms with E-state index in [4.69, 9.17) is 4.98 Å². The van der Waals surface area contributed by atoms with Gasteiger partial charge in [-0.2, -0.15) is 10.4 Å². The number of anilines is 1. The number of nitrogens with zero attached hydrogens (tertiary/aromatic N) is 4. The van der Waals surface area contributed by atoms with E-state index in [2.05, 4.69) is 21.2 Å². The molecule has 6 nitrogen and oxygen atoms in total. The zero-order valence-corrected chi connectivity index (χ0v) is 14.5. The monoisotopic (exact) mass is 337 g/mol. The van der Waals surface area contributed by atoms with Crippen molar-refractivity contribution in [3.63, 3.8) is 0 Å². The van der Waals surface area contributed by atoms with E-state index in [0.717, 1.165) is 48.6 Å². The Morgan fingerprint density at radius 3 is 2.92 bits per heavy atom. The minimum Gasteiger partial charge on any atom is -0.391 e. The van der Waals surface area contributed by atoms with E-state index in [0.29, 0.717) is 18.7 Å². The summed E-state index contributed by atoms with van der Waals surface area (Å²) in [5, 5.41) is 27.3. The van der Waals surface area contributed by atoms with Gasteiger partial charge in [-0.1, -0.05) is 0 Å². The number of nitriles is 1. The summed E-state index contributed by atoms with van der Waals surface area (Å²) in [5.41, 5.74) is 4.98. The number of H-pyrrole nitrogens is 1. The van der Waals surface area contributed by atoms with E-state index in [-0.39, 0.29) is 5.92 Å². The molecule has 2 unspecified atom stereocenters. The van der Waals surface area contributed by atoms with Crippen molar-refractivity contribution in [2.75, 3.05) is 18.0 Å². The molecule has 1 aliphatic heterocycles. The van der Waals surface area contributed by atoms with E-state index < -0.39 is 6.10 Å². The lowest BCUT2D eigenvalue weighted by Crippen LogP contribution is -2.24. The Labute approximate surface area is 147 Å². The van der Waals surface area contributed by atoms with Gasteiger partial charge in [-0.3, -0.25) is 5.10 Å². The third kappa shape index (κ3) is 3.12. The molecule has 0 amide bonds. The molecule has 1 saturated heterocycles. The first kappa shape index (κ1) is 16.1. The van der Waals surface area contributed by atoms with Gasteiger partial charge in [0.25, 0.3) is 0 Å². The zero-order chi connectivity index (χ0) is 17.4. The highest BCUT2D eigenvalue weighted by atomic mass is 16.3. The Hall–Kier alpha value is -2.39. The van der Waals surface area contributed by atoms with E-state index in [1.54, 1.807) is 0 Å². The summed E-state index contributed by atoms with van der Waals surface area (Å²) in [4.78, 5) is 6.89. The fourth-order valence-electron chi connectivity index (χ4n) is 4.02. The number of pyridine rings is 1. The highest BCUT2D eigenvalue weighted by Gasteiger charge is 2.34. The highest BCUT2D eigenvalue weighted by Crippen LogP contribution is 2.31. The van der Waals surface area contributed by atoms with Crippen molar-refractivity contribution in [1.82, 2.24) is 15.2 Å². The van der Waals surface area contributed by atoms with E-state index in [9.17, 15) is 10.4 Å². The summed E-state index contributed by atoms with van der Waals surface area (Å²) in [6.45, 7) is 3.20. The first-order chi connectivity index (χ1) is 12.1. The lowest BCUT2D eigenvalue weighted by atomic mass is 9.95. The molecule has 1 aliphatic carbocycles. The van der Waals surface area contributed by atoms with Crippen LogP contribution in [0, 0.1) is 24.2 Å². The van der Waals surface area contributed by atoms with Crippen molar-refractivity contribution < 1.29 is 5.11 Å². The van der Waals surface area contributed by atoms with Crippen molar-refractivity contribution in [2.45, 2.75) is 45.1 Å². The maximum Gasteiger partial charge on any atom is 0.146 e. The first-order valence-corrected chi connectivity index (χ1v) is 9.01. The number of aromatic amines is 1. The molecule has 0 bridgehead atoms. The predicted octanol–water partition coefficient (Wildman–Crippen LogP) is 1.90. The van der Waals surface area contributed by atoms with Gasteiger partial charge in [-0.05, 0) is 56.7 Å². The van der Waals surface area contributed by atoms with Crippen LogP contribution >= 0.6 is 0 Å². The molecule has 2 aliphatic rings. The third-order valence-corrected chi connectivity index (χ3v) is 5.34. The van der Waals surface area contributed by atoms with Crippen LogP contribution in [-0.4, -0.2) is 39.5 Å². The maximum atomic E-state index is 10.5. The summed E-state index contributed by atoms with van der Waals surface area (Å²) < 4.78 is 0. The van der Waals surface area contributed by atoms with Crippen LogP contribution in [0.5, 0.6) is 0 Å². The van der Waals surface area contributed by atoms with Gasteiger partial charge in [0.05, 0.1) is 17.4 Å². The molecule has 2 atom stereocenters. The maximum absolute atomic E-state index is 10.5. The molecule has 0 aromatic carbocycles. The van der Waals surface area contributed by atoms with Crippen LogP contribution in [0.15, 0.2) is 12.1 Å². The number of fused-ring (bicyclic) bond motifs is 1. The molecule has 2 aromatic rings. The SMILES string of the molecule is Cc1cc(CC2CN(c3nc4c(cc3C#N)CCCC4)CC2O)n[nH]1. The van der Waals surface area contributed by atoms with Crippen molar-refractivity contribution in [2.24, 2.45) is 5.92 Å². The average molecular weight is 337 g/mol. The van der Waals surface area contributed by atoms with Gasteiger partial charge in [0, 0.05) is 30.4 Å². The largest absolute Gasteiger partial charge is 0.391 e. The number of aliphatic hydroxyl groups excluding tert-OH is 1. The van der Waals surface area contributed by atoms with Crippen LogP contribution in [0.2, 0.25) is 0 Å². The number of rotatable bonds is 3. The molecule has 25 heavy (non-hydrogen) atoms. The summed E-state index contributed by atoms with van der Waals surface area (Å²) in [6.07, 6.45) is 4.64. The average Bonchev–Trinajstić information content (AvgIpc) is 3.19. The number of aryl methyl sites for hydroxylation is 3. The van der Waals surface area contributed by atoms with E-state index >= 15 is 0 Å². The lowest BCUT2D eigenvalue weighted by molar-refractivity contribution is 0.148. The van der Waals surface area contributed by atoms with Crippen LogP contribution in [-0.2, 0) is 19.3 Å². The van der Waals surface area contributed by atoms with Crippen LogP contribution in [0.4, 0.5) is 5.82 Å². The topological polar surface area (TPSA) is 88.8 Å². The Balaban J connectivity index is 1.57. The number of hydrogen-bond donors (Lipinski definition) is 2. The van der Waals surface area contributed by atoms with E-state index in [1.807, 2.05) is 19.1 Å². The molecule has 0 radical (unpaired) electrons. The first-order valence-electron chi connectivity index (χ1n) is 9.01. The second kappa shape index (κ2) is 6.49. The van der Waals surface area contributed by atoms with Crippen molar-refractivity contribution in [1.29, 1.82) is 5.26 Å². The highest BCUT2D eigenvalue weighted by molar-refractivity contribution is 5.57. The van der Waals surface area contributed by atoms with Crippen molar-refractivity contribution >= 4 is 5.82 Å². The molecule has 0 saturated carbocycles. The number of aliphatic hydroxyl groups is 1. The lowest BCUT2D eigenvalue weighted by Gasteiger charge is -2.22. The number of hydrogen-bond acceptors (Lipinski definition) is 5. The van der Waals surface area contributed by atoms with Gasteiger partial charge >= 0.3 is 0 Å². The van der Waals surface area contributed by atoms with Gasteiger partial charge < -0.3 is 10.0 Å². The number of β-amino-alcohol motifs (C(OH)–C–C–N with tert-alkyl or cyclic N) is 1. The molecule has 2 N–H and O–H groups in total. The summed E-state index contributed by atoms with van der Waals surface area (Å²) in [7, 11) is 0. The van der Waals surface area contributed by atoms with Gasteiger partial charge in [0.15, 0.2) is 0 Å². The standard InChI is InChI=1S/C19H23N5O/c1-12-6-16(23-22-12)8-15-10-24(11-18(15)25)19-14(9-20)7-13-4-2-3-5-17(13)21-19/h6-7,15,18,25H,2-5,8,10-11H2,1H3,(H,22,23). The molecule has 2 aromatic heterocycles. The van der Waals surface area contributed by atoms with Gasteiger partial charge in [0.2, 0.25) is 0 Å². The third-order valence-electron chi connectivity index (χ3n) is 5.34. The van der Waals surface area contributed by atoms with E-state index in [1.165, 1.54) is 12.0 Å². The Bertz CT molecular complexity index is 822. The number of nitrogens with one attached hydrogen (secondary N) is 1. The van der Waals surface area contributed by atoms with Crippen molar-refractivity contribution in [3.05, 3.63) is 40.3 Å².